The Bertz CT molecular complexity index is 82.6. The normalized spacial score (nSPS) is 15.2. The van der Waals surface area contributed by atoms with Gasteiger partial charge in [0.25, 0.3) is 0 Å². The van der Waals surface area contributed by atoms with Crippen molar-refractivity contribution in [2.24, 2.45) is 5.92 Å². The number of hydrogen-bond acceptors (Lipinski definition) is 1. The molecule has 1 heteroatoms. The molecule has 0 bridgehead atoms. The summed E-state index contributed by atoms with van der Waals surface area (Å²) in [6.07, 6.45) is 4.61. The first-order chi connectivity index (χ1) is 4.13. The summed E-state index contributed by atoms with van der Waals surface area (Å²) in [6, 6.07) is 0. The van der Waals surface area contributed by atoms with Crippen molar-refractivity contribution in [3.8, 4) is 0 Å². The molecule has 54 valence electrons. The van der Waals surface area contributed by atoms with E-state index in [-0.39, 0.29) is 6.10 Å². The van der Waals surface area contributed by atoms with Crippen molar-refractivity contribution < 1.29 is 5.11 Å². The minimum atomic E-state index is -0.288. The van der Waals surface area contributed by atoms with Gasteiger partial charge in [-0.3, -0.25) is 0 Å². The predicted molar refractivity (Wildman–Crippen MR) is 40.3 cm³/mol. The van der Waals surface area contributed by atoms with Gasteiger partial charge in [0.05, 0.1) is 6.10 Å². The molecule has 1 nitrogen and oxygen atoms in total. The van der Waals surface area contributed by atoms with E-state index in [1.54, 1.807) is 6.92 Å². The van der Waals surface area contributed by atoms with Crippen LogP contribution in [0.2, 0.25) is 0 Å². The highest BCUT2D eigenvalue weighted by atomic mass is 16.3. The Labute approximate surface area is 57.4 Å². The van der Waals surface area contributed by atoms with Gasteiger partial charge in [0, 0.05) is 0 Å². The Kier molecular flexibility index (Phi) is 4.41. The molecule has 0 rings (SSSR count). The Hall–Kier alpha value is -0.300. The van der Waals surface area contributed by atoms with Gasteiger partial charge in [-0.25, -0.2) is 0 Å². The van der Waals surface area contributed by atoms with Crippen LogP contribution in [-0.2, 0) is 0 Å². The number of allylic oxidation sites excluding steroid dienone is 1. The van der Waals surface area contributed by atoms with Gasteiger partial charge in [-0.15, -0.1) is 0 Å². The van der Waals surface area contributed by atoms with Crippen molar-refractivity contribution in [1.82, 2.24) is 0 Å². The van der Waals surface area contributed by atoms with E-state index in [0.29, 0.717) is 5.92 Å². The highest BCUT2D eigenvalue weighted by molar-refractivity contribution is 4.86. The van der Waals surface area contributed by atoms with Crippen LogP contribution in [0.25, 0.3) is 0 Å². The molecule has 0 radical (unpaired) electrons. The van der Waals surface area contributed by atoms with E-state index < -0.39 is 0 Å². The Balaban J connectivity index is 3.25. The Morgan fingerprint density at radius 2 is 1.89 bits per heavy atom. The quantitative estimate of drug-likeness (QED) is 0.576. The molecule has 0 amide bonds. The lowest BCUT2D eigenvalue weighted by molar-refractivity contribution is 0.243. The zero-order valence-corrected chi connectivity index (χ0v) is 6.46. The van der Waals surface area contributed by atoms with Crippen LogP contribution in [0, 0.1) is 5.92 Å². The van der Waals surface area contributed by atoms with Crippen LogP contribution in [0.15, 0.2) is 12.2 Å². The van der Waals surface area contributed by atoms with E-state index in [1.165, 1.54) is 0 Å². The van der Waals surface area contributed by atoms with Gasteiger partial charge < -0.3 is 5.11 Å². The van der Waals surface area contributed by atoms with E-state index in [4.69, 9.17) is 5.11 Å². The minimum Gasteiger partial charge on any atom is -0.389 e. The maximum atomic E-state index is 8.78. The molecule has 0 heterocycles. The molecule has 0 aliphatic carbocycles. The smallest absolute Gasteiger partial charge is 0.0692 e. The van der Waals surface area contributed by atoms with Crippen LogP contribution in [0.5, 0.6) is 0 Å². The van der Waals surface area contributed by atoms with Crippen molar-refractivity contribution in [2.45, 2.75) is 33.3 Å². The van der Waals surface area contributed by atoms with E-state index >= 15 is 0 Å². The lowest BCUT2D eigenvalue weighted by atomic mass is 10.1. The van der Waals surface area contributed by atoms with Gasteiger partial charge in [0.2, 0.25) is 0 Å². The molecule has 0 saturated carbocycles. The van der Waals surface area contributed by atoms with Gasteiger partial charge in [-0.05, 0) is 19.3 Å². The molecule has 1 atom stereocenters. The molecule has 1 unspecified atom stereocenters. The lowest BCUT2D eigenvalue weighted by Crippen LogP contribution is -1.92. The number of aliphatic hydroxyl groups is 1. The second-order valence-corrected chi connectivity index (χ2v) is 2.80. The molecule has 0 aliphatic heterocycles. The molecule has 9 heavy (non-hydrogen) atoms. The molecule has 0 aliphatic rings. The summed E-state index contributed by atoms with van der Waals surface area (Å²) < 4.78 is 0. The van der Waals surface area contributed by atoms with Crippen molar-refractivity contribution in [3.05, 3.63) is 12.2 Å². The summed E-state index contributed by atoms with van der Waals surface area (Å²) in [5.41, 5.74) is 0. The van der Waals surface area contributed by atoms with E-state index in [9.17, 15) is 0 Å². The molecular formula is C8H16O. The van der Waals surface area contributed by atoms with Gasteiger partial charge in [-0.2, -0.15) is 0 Å². The largest absolute Gasteiger partial charge is 0.389 e. The van der Waals surface area contributed by atoms with Crippen LogP contribution >= 0.6 is 0 Å². The van der Waals surface area contributed by atoms with Crippen LogP contribution in [0.4, 0.5) is 0 Å². The maximum Gasteiger partial charge on any atom is 0.0692 e. The summed E-state index contributed by atoms with van der Waals surface area (Å²) in [4.78, 5) is 0. The highest BCUT2D eigenvalue weighted by Crippen LogP contribution is 2.00. The van der Waals surface area contributed by atoms with Gasteiger partial charge >= 0.3 is 0 Å². The summed E-state index contributed by atoms with van der Waals surface area (Å²) in [5, 5.41) is 8.78. The molecule has 0 fully saturated rings. The fourth-order valence-corrected chi connectivity index (χ4v) is 0.548. The topological polar surface area (TPSA) is 20.2 Å². The summed E-state index contributed by atoms with van der Waals surface area (Å²) in [7, 11) is 0. The fraction of sp³-hybridized carbons (Fsp3) is 0.750. The summed E-state index contributed by atoms with van der Waals surface area (Å²) >= 11 is 0. The molecular weight excluding hydrogens is 112 g/mol. The van der Waals surface area contributed by atoms with Crippen molar-refractivity contribution >= 4 is 0 Å². The zero-order chi connectivity index (χ0) is 7.28. The standard InChI is InChI=1S/C8H16O/c1-7(2)5-4-6-8(3)9/h4,6-9H,5H2,1-3H3/b6-4+. The van der Waals surface area contributed by atoms with Crippen LogP contribution in [0.1, 0.15) is 27.2 Å². The first-order valence-corrected chi connectivity index (χ1v) is 3.47. The molecule has 1 N–H and O–H groups in total. The molecule has 0 aromatic carbocycles. The van der Waals surface area contributed by atoms with Gasteiger partial charge in [-0.1, -0.05) is 26.0 Å². The van der Waals surface area contributed by atoms with E-state index in [0.717, 1.165) is 6.42 Å². The SMILES string of the molecule is CC(O)/C=C/CC(C)C. The van der Waals surface area contributed by atoms with Crippen molar-refractivity contribution in [2.75, 3.05) is 0 Å². The monoisotopic (exact) mass is 128 g/mol. The molecule has 0 spiro atoms. The molecule has 0 aromatic rings. The van der Waals surface area contributed by atoms with Crippen LogP contribution in [-0.4, -0.2) is 11.2 Å². The first-order valence-electron chi connectivity index (χ1n) is 3.47. The Morgan fingerprint density at radius 1 is 1.33 bits per heavy atom. The number of aliphatic hydroxyl groups excluding tert-OH is 1. The van der Waals surface area contributed by atoms with E-state index in [2.05, 4.69) is 13.8 Å². The molecule has 0 saturated heterocycles. The van der Waals surface area contributed by atoms with Crippen molar-refractivity contribution in [3.63, 3.8) is 0 Å². The van der Waals surface area contributed by atoms with Crippen LogP contribution < -0.4 is 0 Å². The minimum absolute atomic E-state index is 0.288. The first kappa shape index (κ1) is 8.70. The average Bonchev–Trinajstić information content (AvgIpc) is 1.63. The average molecular weight is 128 g/mol. The third kappa shape index (κ3) is 7.70. The van der Waals surface area contributed by atoms with Crippen LogP contribution in [0.3, 0.4) is 0 Å². The molecule has 0 aromatic heterocycles. The zero-order valence-electron chi connectivity index (χ0n) is 6.46. The second kappa shape index (κ2) is 4.57. The predicted octanol–water partition coefficient (Wildman–Crippen LogP) is 1.97. The highest BCUT2D eigenvalue weighted by Gasteiger charge is 1.88. The third-order valence-electron chi connectivity index (χ3n) is 1.02. The number of rotatable bonds is 3. The van der Waals surface area contributed by atoms with Gasteiger partial charge in [0.1, 0.15) is 0 Å². The Morgan fingerprint density at radius 3 is 2.22 bits per heavy atom. The van der Waals surface area contributed by atoms with Gasteiger partial charge in [0.15, 0.2) is 0 Å². The summed E-state index contributed by atoms with van der Waals surface area (Å²) in [6.45, 7) is 6.08. The third-order valence-corrected chi connectivity index (χ3v) is 1.02. The maximum absolute atomic E-state index is 8.78. The fourth-order valence-electron chi connectivity index (χ4n) is 0.548. The van der Waals surface area contributed by atoms with Crippen molar-refractivity contribution in [1.29, 1.82) is 0 Å². The van der Waals surface area contributed by atoms with E-state index in [1.807, 2.05) is 12.2 Å². The summed E-state index contributed by atoms with van der Waals surface area (Å²) in [5.74, 6) is 0.694. The lowest BCUT2D eigenvalue weighted by Gasteiger charge is -1.97. The number of hydrogen-bond donors (Lipinski definition) is 1. The second-order valence-electron chi connectivity index (χ2n) is 2.80.